The molecule has 0 spiro atoms. The zero-order chi connectivity index (χ0) is 17.8. The fourth-order valence-electron chi connectivity index (χ4n) is 2.13. The maximum absolute atomic E-state index is 12.2. The number of benzene rings is 1. The Morgan fingerprint density at radius 2 is 2.24 bits per heavy atom. The number of hydrogen-bond acceptors (Lipinski definition) is 7. The normalized spacial score (nSPS) is 10.8. The quantitative estimate of drug-likeness (QED) is 0.571. The van der Waals surface area contributed by atoms with E-state index in [1.165, 1.54) is 23.1 Å². The monoisotopic (exact) mass is 377 g/mol. The fraction of sp³-hybridized carbons (Fsp3) is 0.188. The summed E-state index contributed by atoms with van der Waals surface area (Å²) in [6, 6.07) is 8.32. The van der Waals surface area contributed by atoms with Crippen molar-refractivity contribution in [3.8, 4) is 11.5 Å². The Kier molecular flexibility index (Phi) is 5.25. The largest absolute Gasteiger partial charge is 0.506 e. The molecule has 2 aromatic heterocycles. The minimum atomic E-state index is -0.419. The highest BCUT2D eigenvalue weighted by molar-refractivity contribution is 8.01. The van der Waals surface area contributed by atoms with Crippen LogP contribution in [-0.4, -0.2) is 33.3 Å². The van der Waals surface area contributed by atoms with E-state index in [0.29, 0.717) is 32.7 Å². The van der Waals surface area contributed by atoms with Crippen LogP contribution in [0.15, 0.2) is 39.5 Å². The van der Waals surface area contributed by atoms with Gasteiger partial charge in [-0.25, -0.2) is 4.98 Å². The van der Waals surface area contributed by atoms with Gasteiger partial charge in [0.15, 0.2) is 9.99 Å². The summed E-state index contributed by atoms with van der Waals surface area (Å²) in [4.78, 5) is 30.3. The van der Waals surface area contributed by atoms with Gasteiger partial charge in [0.2, 0.25) is 5.91 Å². The number of fused-ring (bicyclic) bond motifs is 1. The molecular weight excluding hydrogens is 362 g/mol. The molecule has 0 atom stereocenters. The van der Waals surface area contributed by atoms with Crippen molar-refractivity contribution >= 4 is 45.0 Å². The molecule has 0 aliphatic carbocycles. The van der Waals surface area contributed by atoms with Gasteiger partial charge in [0.1, 0.15) is 16.2 Å². The first-order valence-corrected chi connectivity index (χ1v) is 9.24. The van der Waals surface area contributed by atoms with Crippen LogP contribution in [0.25, 0.3) is 10.3 Å². The standard InChI is InChI=1S/C16H15N3O4S2/c1-2-23-11-6-4-3-5-9(11)17-13(22)8-24-16-19-15-14(25-16)10(20)7-12(21)18-15/h3-7H,2,8H2,1H3,(H,17,22)(H2,18,20,21). The number of hydrogen-bond donors (Lipinski definition) is 3. The maximum atomic E-state index is 12.2. The Bertz CT molecular complexity index is 967. The molecule has 0 bridgehead atoms. The van der Waals surface area contributed by atoms with Gasteiger partial charge in [-0.15, -0.1) is 11.3 Å². The highest BCUT2D eigenvalue weighted by Crippen LogP contribution is 2.33. The predicted molar refractivity (Wildman–Crippen MR) is 98.9 cm³/mol. The Hall–Kier alpha value is -2.52. The lowest BCUT2D eigenvalue weighted by atomic mass is 10.3. The molecule has 9 heteroatoms. The second kappa shape index (κ2) is 7.58. The Morgan fingerprint density at radius 3 is 3.04 bits per heavy atom. The summed E-state index contributed by atoms with van der Waals surface area (Å²) in [7, 11) is 0. The van der Waals surface area contributed by atoms with E-state index < -0.39 is 5.56 Å². The molecule has 0 radical (unpaired) electrons. The minimum absolute atomic E-state index is 0.113. The molecule has 1 amide bonds. The van der Waals surface area contributed by atoms with Crippen molar-refractivity contribution in [3.05, 3.63) is 40.7 Å². The average molecular weight is 377 g/mol. The Balaban J connectivity index is 1.67. The van der Waals surface area contributed by atoms with Crippen molar-refractivity contribution in [3.63, 3.8) is 0 Å². The molecule has 0 fully saturated rings. The Labute approximate surface area is 151 Å². The van der Waals surface area contributed by atoms with Crippen LogP contribution in [-0.2, 0) is 4.79 Å². The molecular formula is C16H15N3O4S2. The average Bonchev–Trinajstić information content (AvgIpc) is 2.98. The van der Waals surface area contributed by atoms with E-state index >= 15 is 0 Å². The number of para-hydroxylation sites is 2. The van der Waals surface area contributed by atoms with Crippen LogP contribution in [0.3, 0.4) is 0 Å². The third-order valence-electron chi connectivity index (χ3n) is 3.14. The summed E-state index contributed by atoms with van der Waals surface area (Å²) < 4.78 is 6.55. The van der Waals surface area contributed by atoms with Gasteiger partial charge in [-0.05, 0) is 19.1 Å². The minimum Gasteiger partial charge on any atom is -0.506 e. The SMILES string of the molecule is CCOc1ccccc1NC(=O)CSc1nc2[nH]c(=O)cc(O)c2s1. The number of rotatable bonds is 6. The summed E-state index contributed by atoms with van der Waals surface area (Å²) in [6.45, 7) is 2.39. The molecule has 3 aromatic rings. The number of amides is 1. The fourth-order valence-corrected chi connectivity index (χ4v) is 3.94. The number of ether oxygens (including phenoxy) is 1. The highest BCUT2D eigenvalue weighted by Gasteiger charge is 2.12. The number of thioether (sulfide) groups is 1. The molecule has 130 valence electrons. The van der Waals surface area contributed by atoms with E-state index in [1.54, 1.807) is 12.1 Å². The molecule has 0 aliphatic rings. The lowest BCUT2D eigenvalue weighted by molar-refractivity contribution is -0.113. The summed E-state index contributed by atoms with van der Waals surface area (Å²) in [5.41, 5.74) is 0.512. The maximum Gasteiger partial charge on any atom is 0.253 e. The van der Waals surface area contributed by atoms with E-state index in [4.69, 9.17) is 4.74 Å². The number of nitrogens with zero attached hydrogens (tertiary/aromatic N) is 1. The van der Waals surface area contributed by atoms with Crippen LogP contribution in [0.1, 0.15) is 6.92 Å². The van der Waals surface area contributed by atoms with Gasteiger partial charge in [0.05, 0.1) is 18.0 Å². The topological polar surface area (TPSA) is 104 Å². The van der Waals surface area contributed by atoms with Gasteiger partial charge < -0.3 is 20.1 Å². The number of carbonyl (C=O) groups excluding carboxylic acids is 1. The van der Waals surface area contributed by atoms with E-state index in [9.17, 15) is 14.7 Å². The second-order valence-electron chi connectivity index (χ2n) is 4.94. The van der Waals surface area contributed by atoms with Crippen LogP contribution < -0.4 is 15.6 Å². The highest BCUT2D eigenvalue weighted by atomic mass is 32.2. The van der Waals surface area contributed by atoms with Crippen molar-refractivity contribution in [1.82, 2.24) is 9.97 Å². The van der Waals surface area contributed by atoms with E-state index in [2.05, 4.69) is 15.3 Å². The molecule has 1 aromatic carbocycles. The molecule has 0 saturated carbocycles. The first kappa shape index (κ1) is 17.3. The predicted octanol–water partition coefficient (Wildman–Crippen LogP) is 2.82. The molecule has 3 rings (SSSR count). The van der Waals surface area contributed by atoms with E-state index in [-0.39, 0.29) is 17.4 Å². The molecule has 0 aliphatic heterocycles. The van der Waals surface area contributed by atoms with Gasteiger partial charge in [-0.3, -0.25) is 9.59 Å². The zero-order valence-electron chi connectivity index (χ0n) is 13.2. The molecule has 7 nitrogen and oxygen atoms in total. The number of aromatic hydroxyl groups is 1. The lowest BCUT2D eigenvalue weighted by Gasteiger charge is -2.10. The van der Waals surface area contributed by atoms with Crippen LogP contribution in [0.2, 0.25) is 0 Å². The molecule has 0 unspecified atom stereocenters. The number of nitrogens with one attached hydrogen (secondary N) is 2. The van der Waals surface area contributed by atoms with Crippen LogP contribution in [0.5, 0.6) is 11.5 Å². The van der Waals surface area contributed by atoms with Crippen LogP contribution in [0, 0.1) is 0 Å². The van der Waals surface area contributed by atoms with Crippen molar-refractivity contribution in [2.24, 2.45) is 0 Å². The number of H-pyrrole nitrogens is 1. The number of aromatic amines is 1. The summed E-state index contributed by atoms with van der Waals surface area (Å²) in [5.74, 6) is 0.448. The van der Waals surface area contributed by atoms with Crippen LogP contribution >= 0.6 is 23.1 Å². The van der Waals surface area contributed by atoms with Crippen molar-refractivity contribution in [1.29, 1.82) is 0 Å². The van der Waals surface area contributed by atoms with Gasteiger partial charge in [0, 0.05) is 6.07 Å². The number of anilines is 1. The van der Waals surface area contributed by atoms with Crippen LogP contribution in [0.4, 0.5) is 5.69 Å². The number of aromatic nitrogens is 2. The molecule has 3 N–H and O–H groups in total. The zero-order valence-corrected chi connectivity index (χ0v) is 14.9. The summed E-state index contributed by atoms with van der Waals surface area (Å²) >= 11 is 2.45. The number of carbonyl (C=O) groups is 1. The number of pyridine rings is 1. The van der Waals surface area contributed by atoms with Gasteiger partial charge >= 0.3 is 0 Å². The Morgan fingerprint density at radius 1 is 1.44 bits per heavy atom. The number of thiazole rings is 1. The summed E-state index contributed by atoms with van der Waals surface area (Å²) in [5, 5.41) is 12.6. The van der Waals surface area contributed by atoms with Crippen molar-refractivity contribution in [2.75, 3.05) is 17.7 Å². The molecule has 0 saturated heterocycles. The molecule has 2 heterocycles. The first-order chi connectivity index (χ1) is 12.1. The van der Waals surface area contributed by atoms with Crippen molar-refractivity contribution < 1.29 is 14.6 Å². The first-order valence-electron chi connectivity index (χ1n) is 7.44. The third-order valence-corrected chi connectivity index (χ3v) is 5.36. The van der Waals surface area contributed by atoms with Gasteiger partial charge in [0.25, 0.3) is 5.56 Å². The van der Waals surface area contributed by atoms with Gasteiger partial charge in [-0.2, -0.15) is 0 Å². The molecule has 25 heavy (non-hydrogen) atoms. The third kappa shape index (κ3) is 4.12. The lowest BCUT2D eigenvalue weighted by Crippen LogP contribution is -2.14. The van der Waals surface area contributed by atoms with E-state index in [0.717, 1.165) is 6.07 Å². The van der Waals surface area contributed by atoms with Crippen molar-refractivity contribution in [2.45, 2.75) is 11.3 Å². The second-order valence-corrected chi connectivity index (χ2v) is 7.16. The van der Waals surface area contributed by atoms with Gasteiger partial charge in [-0.1, -0.05) is 23.9 Å². The van der Waals surface area contributed by atoms with E-state index in [1.807, 2.05) is 19.1 Å². The smallest absolute Gasteiger partial charge is 0.253 e. The summed E-state index contributed by atoms with van der Waals surface area (Å²) in [6.07, 6.45) is 0.